The minimum Gasteiger partial charge on any atom is -0.488 e. The molecule has 2 rings (SSSR count). The van der Waals surface area contributed by atoms with Gasteiger partial charge in [0.15, 0.2) is 17.4 Å². The topological polar surface area (TPSA) is 55.2 Å². The van der Waals surface area contributed by atoms with Crippen molar-refractivity contribution < 1.29 is 18.6 Å². The predicted octanol–water partition coefficient (Wildman–Crippen LogP) is 7.43. The Kier molecular flexibility index (Phi) is 12.9. The third kappa shape index (κ3) is 9.75. The highest BCUT2D eigenvalue weighted by Gasteiger charge is 2.18. The molecule has 1 N–H and O–H groups in total. The fraction of sp³-hybridized carbons (Fsp3) is 0.630. The van der Waals surface area contributed by atoms with Gasteiger partial charge in [-0.15, -0.1) is 0 Å². The molecular formula is C27H40F2N2O2. The predicted molar refractivity (Wildman–Crippen MR) is 129 cm³/mol. The van der Waals surface area contributed by atoms with Crippen LogP contribution in [0.3, 0.4) is 0 Å². The van der Waals surface area contributed by atoms with Gasteiger partial charge in [-0.1, -0.05) is 78.1 Å². The summed E-state index contributed by atoms with van der Waals surface area (Å²) in [6, 6.07) is 2.79. The van der Waals surface area contributed by atoms with Crippen LogP contribution in [0, 0.1) is 11.6 Å². The number of hydrogen-bond acceptors (Lipinski definition) is 4. The Labute approximate surface area is 197 Å². The van der Waals surface area contributed by atoms with Crippen LogP contribution in [0.2, 0.25) is 0 Å². The molecule has 0 aliphatic carbocycles. The summed E-state index contributed by atoms with van der Waals surface area (Å²) in [5.74, 6) is -2.18. The van der Waals surface area contributed by atoms with Gasteiger partial charge in [-0.25, -0.2) is 14.4 Å². The Bertz CT molecular complexity index is 799. The SMILES string of the molecule is CCCCCCCCCc1cnc(-c2ccc(OCC(O)CCCCCC)c(F)c2F)nc1. The highest BCUT2D eigenvalue weighted by atomic mass is 19.2. The van der Waals surface area contributed by atoms with E-state index < -0.39 is 17.7 Å². The highest BCUT2D eigenvalue weighted by molar-refractivity contribution is 5.57. The monoisotopic (exact) mass is 462 g/mol. The molecule has 1 heterocycles. The van der Waals surface area contributed by atoms with Gasteiger partial charge in [0.2, 0.25) is 5.82 Å². The number of aliphatic hydroxyl groups is 1. The summed E-state index contributed by atoms with van der Waals surface area (Å²) < 4.78 is 34.5. The van der Waals surface area contributed by atoms with Crippen molar-refractivity contribution in [3.8, 4) is 17.1 Å². The lowest BCUT2D eigenvalue weighted by atomic mass is 10.1. The Morgan fingerprint density at radius 1 is 0.818 bits per heavy atom. The third-order valence-corrected chi connectivity index (χ3v) is 5.88. The lowest BCUT2D eigenvalue weighted by molar-refractivity contribution is 0.0950. The van der Waals surface area contributed by atoms with E-state index >= 15 is 0 Å². The number of benzene rings is 1. The molecule has 0 spiro atoms. The molecule has 0 radical (unpaired) electrons. The van der Waals surface area contributed by atoms with E-state index in [4.69, 9.17) is 4.74 Å². The minimum atomic E-state index is -1.08. The summed E-state index contributed by atoms with van der Waals surface area (Å²) in [5.41, 5.74) is 1.00. The highest BCUT2D eigenvalue weighted by Crippen LogP contribution is 2.28. The molecule has 0 amide bonds. The standard InChI is InChI=1S/C27H40F2N2O2/c1-3-5-7-9-10-11-12-14-21-18-30-27(31-19-21)23-16-17-24(26(29)25(23)28)33-20-22(32)15-13-8-6-4-2/h16-19,22,32H,3-15,20H2,1-2H3. The first-order chi connectivity index (χ1) is 16.1. The van der Waals surface area contributed by atoms with Crippen LogP contribution in [-0.2, 0) is 6.42 Å². The average molecular weight is 463 g/mol. The lowest BCUT2D eigenvalue weighted by Crippen LogP contribution is -2.18. The second kappa shape index (κ2) is 15.7. The van der Waals surface area contributed by atoms with Gasteiger partial charge in [0.25, 0.3) is 0 Å². The molecule has 0 saturated heterocycles. The van der Waals surface area contributed by atoms with Crippen molar-refractivity contribution in [2.75, 3.05) is 6.61 Å². The number of aromatic nitrogens is 2. The molecule has 1 aromatic carbocycles. The zero-order valence-electron chi connectivity index (χ0n) is 20.3. The zero-order valence-corrected chi connectivity index (χ0v) is 20.3. The molecule has 1 unspecified atom stereocenters. The molecule has 0 saturated carbocycles. The first-order valence-corrected chi connectivity index (χ1v) is 12.7. The first-order valence-electron chi connectivity index (χ1n) is 12.7. The molecule has 0 fully saturated rings. The normalized spacial score (nSPS) is 12.2. The zero-order chi connectivity index (χ0) is 23.9. The third-order valence-electron chi connectivity index (χ3n) is 5.88. The van der Waals surface area contributed by atoms with Crippen molar-refractivity contribution in [2.24, 2.45) is 0 Å². The number of hydrogen-bond donors (Lipinski definition) is 1. The number of unbranched alkanes of at least 4 members (excludes halogenated alkanes) is 9. The molecule has 184 valence electrons. The Balaban J connectivity index is 1.84. The van der Waals surface area contributed by atoms with Crippen LogP contribution in [0.25, 0.3) is 11.4 Å². The van der Waals surface area contributed by atoms with Crippen LogP contribution in [0.4, 0.5) is 8.78 Å². The van der Waals surface area contributed by atoms with Gasteiger partial charge in [-0.2, -0.15) is 4.39 Å². The molecule has 0 bridgehead atoms. The second-order valence-corrected chi connectivity index (χ2v) is 8.84. The Morgan fingerprint density at radius 3 is 2.09 bits per heavy atom. The summed E-state index contributed by atoms with van der Waals surface area (Å²) in [6.45, 7) is 4.28. The van der Waals surface area contributed by atoms with E-state index in [9.17, 15) is 13.9 Å². The number of halogens is 2. The fourth-order valence-electron chi connectivity index (χ4n) is 3.80. The van der Waals surface area contributed by atoms with Gasteiger partial charge in [0.1, 0.15) is 6.61 Å². The lowest BCUT2D eigenvalue weighted by Gasteiger charge is -2.14. The average Bonchev–Trinajstić information content (AvgIpc) is 2.83. The summed E-state index contributed by atoms with van der Waals surface area (Å²) >= 11 is 0. The number of aliphatic hydroxyl groups excluding tert-OH is 1. The smallest absolute Gasteiger partial charge is 0.201 e. The Morgan fingerprint density at radius 2 is 1.42 bits per heavy atom. The fourth-order valence-corrected chi connectivity index (χ4v) is 3.80. The van der Waals surface area contributed by atoms with Gasteiger partial charge in [0.05, 0.1) is 11.7 Å². The summed E-state index contributed by atoms with van der Waals surface area (Å²) in [6.07, 6.45) is 17.0. The Hall–Kier alpha value is -2.08. The van der Waals surface area contributed by atoms with Crippen LogP contribution in [0.15, 0.2) is 24.5 Å². The van der Waals surface area contributed by atoms with Crippen LogP contribution < -0.4 is 4.74 Å². The molecule has 1 aromatic heterocycles. The molecule has 0 aliphatic heterocycles. The van der Waals surface area contributed by atoms with E-state index in [1.54, 1.807) is 12.4 Å². The number of rotatable bonds is 17. The summed E-state index contributed by atoms with van der Waals surface area (Å²) in [5, 5.41) is 9.99. The number of ether oxygens (including phenoxy) is 1. The largest absolute Gasteiger partial charge is 0.488 e. The van der Waals surface area contributed by atoms with Gasteiger partial charge < -0.3 is 9.84 Å². The maximum atomic E-state index is 14.6. The quantitative estimate of drug-likeness (QED) is 0.248. The molecule has 33 heavy (non-hydrogen) atoms. The minimum absolute atomic E-state index is 0.00226. The molecule has 4 nitrogen and oxygen atoms in total. The first kappa shape index (κ1) is 27.2. The van der Waals surface area contributed by atoms with Crippen molar-refractivity contribution in [1.29, 1.82) is 0 Å². The number of aryl methyl sites for hydroxylation is 1. The van der Waals surface area contributed by atoms with Gasteiger partial charge >= 0.3 is 0 Å². The van der Waals surface area contributed by atoms with Crippen molar-refractivity contribution in [1.82, 2.24) is 9.97 Å². The number of nitrogens with zero attached hydrogens (tertiary/aromatic N) is 2. The van der Waals surface area contributed by atoms with E-state index in [1.807, 2.05) is 0 Å². The van der Waals surface area contributed by atoms with Crippen LogP contribution in [0.5, 0.6) is 5.75 Å². The second-order valence-electron chi connectivity index (χ2n) is 8.84. The maximum absolute atomic E-state index is 14.6. The molecule has 1 atom stereocenters. The van der Waals surface area contributed by atoms with E-state index in [1.165, 1.54) is 50.7 Å². The van der Waals surface area contributed by atoms with Crippen molar-refractivity contribution in [3.63, 3.8) is 0 Å². The van der Waals surface area contributed by atoms with Crippen LogP contribution in [-0.4, -0.2) is 27.8 Å². The maximum Gasteiger partial charge on any atom is 0.201 e. The molecule has 0 aliphatic rings. The van der Waals surface area contributed by atoms with Gasteiger partial charge in [-0.05, 0) is 37.0 Å². The van der Waals surface area contributed by atoms with Crippen LogP contribution in [0.1, 0.15) is 96.5 Å². The van der Waals surface area contributed by atoms with E-state index in [-0.39, 0.29) is 23.7 Å². The van der Waals surface area contributed by atoms with Gasteiger partial charge in [0, 0.05) is 12.4 Å². The van der Waals surface area contributed by atoms with E-state index in [0.29, 0.717) is 6.42 Å². The van der Waals surface area contributed by atoms with Crippen LogP contribution >= 0.6 is 0 Å². The van der Waals surface area contributed by atoms with Crippen molar-refractivity contribution in [3.05, 3.63) is 41.7 Å². The molecule has 6 heteroatoms. The van der Waals surface area contributed by atoms with E-state index in [2.05, 4.69) is 23.8 Å². The van der Waals surface area contributed by atoms with E-state index in [0.717, 1.165) is 44.1 Å². The summed E-state index contributed by atoms with van der Waals surface area (Å²) in [7, 11) is 0. The van der Waals surface area contributed by atoms with Crippen molar-refractivity contribution >= 4 is 0 Å². The molecule has 2 aromatic rings. The molecular weight excluding hydrogens is 422 g/mol. The van der Waals surface area contributed by atoms with Crippen molar-refractivity contribution in [2.45, 2.75) is 103 Å². The van der Waals surface area contributed by atoms with Gasteiger partial charge in [-0.3, -0.25) is 0 Å². The summed E-state index contributed by atoms with van der Waals surface area (Å²) in [4.78, 5) is 8.49.